The molecule has 0 aromatic carbocycles. The normalized spacial score (nSPS) is 9.46. The van der Waals surface area contributed by atoms with Crippen LogP contribution in [0.4, 0.5) is 26.4 Å². The van der Waals surface area contributed by atoms with Gasteiger partial charge >= 0.3 is 12.6 Å². The zero-order chi connectivity index (χ0) is 10.4. The molecule has 74 valence electrons. The zero-order valence-electron chi connectivity index (χ0n) is 6.02. The van der Waals surface area contributed by atoms with E-state index in [1.807, 2.05) is 0 Å². The van der Waals surface area contributed by atoms with Gasteiger partial charge < -0.3 is 0 Å². The topological polar surface area (TPSA) is 3.88 Å². The number of hydrogen-bond acceptors (Lipinski definition) is 0. The van der Waals surface area contributed by atoms with Crippen LogP contribution in [0.25, 0.3) is 0 Å². The Morgan fingerprint density at radius 1 is 1.15 bits per heavy atom. The van der Waals surface area contributed by atoms with E-state index in [1.165, 1.54) is 0 Å². The van der Waals surface area contributed by atoms with Crippen molar-refractivity contribution in [1.82, 2.24) is 0 Å². The zero-order valence-corrected chi connectivity index (χ0v) is 6.02. The summed E-state index contributed by atoms with van der Waals surface area (Å²) in [6.45, 7) is -3.67. The second-order valence-electron chi connectivity index (χ2n) is 1.71. The Morgan fingerprint density at radius 3 is 1.92 bits per heavy atom. The molecule has 0 N–H and O–H groups in total. The number of nitrogens with zero attached hydrogens (tertiary/aromatic N) is 1. The molecule has 0 atom stereocenters. The van der Waals surface area contributed by atoms with Gasteiger partial charge in [0, 0.05) is 6.07 Å². The van der Waals surface area contributed by atoms with E-state index in [0.717, 1.165) is 18.3 Å². The first-order chi connectivity index (χ1) is 5.95. The first-order valence-corrected chi connectivity index (χ1v) is 2.89. The third-order valence-electron chi connectivity index (χ3n) is 0.844. The third-order valence-corrected chi connectivity index (χ3v) is 0.844. The predicted molar refractivity (Wildman–Crippen MR) is 30.2 cm³/mol. The molecule has 0 aliphatic carbocycles. The number of pyridine rings is 1. The monoisotopic (exact) mass is 204 g/mol. The van der Waals surface area contributed by atoms with Crippen LogP contribution in [0.3, 0.4) is 0 Å². The lowest BCUT2D eigenvalue weighted by Crippen LogP contribution is -2.27. The van der Waals surface area contributed by atoms with Crippen LogP contribution in [-0.2, 0) is 0 Å². The maximum absolute atomic E-state index is 11.9. The van der Waals surface area contributed by atoms with Crippen molar-refractivity contribution in [3.63, 3.8) is 0 Å². The summed E-state index contributed by atoms with van der Waals surface area (Å²) in [6.07, 6.45) is 0.776. The van der Waals surface area contributed by atoms with Gasteiger partial charge in [0.05, 0.1) is 9.27 Å². The SMILES string of the molecule is FC(F)F.Fc1ccc[n+](F)c1F. The number of halogens is 6. The van der Waals surface area contributed by atoms with E-state index >= 15 is 0 Å². The van der Waals surface area contributed by atoms with E-state index in [1.54, 1.807) is 0 Å². The minimum Gasteiger partial charge on any atom is -0.197 e. The molecule has 1 nitrogen and oxygen atoms in total. The van der Waals surface area contributed by atoms with Crippen LogP contribution in [0.1, 0.15) is 0 Å². The van der Waals surface area contributed by atoms with Gasteiger partial charge in [0.2, 0.25) is 12.0 Å². The Hall–Kier alpha value is -1.27. The second-order valence-corrected chi connectivity index (χ2v) is 1.71. The molecule has 0 saturated heterocycles. The van der Waals surface area contributed by atoms with Crippen LogP contribution in [0.15, 0.2) is 18.3 Å². The molecule has 0 spiro atoms. The lowest BCUT2D eigenvalue weighted by molar-refractivity contribution is -0.866. The van der Waals surface area contributed by atoms with Crippen molar-refractivity contribution < 1.29 is 31.2 Å². The highest BCUT2D eigenvalue weighted by Crippen LogP contribution is 1.96. The number of rotatable bonds is 0. The predicted octanol–water partition coefficient (Wildman–Crippen LogP) is 2.16. The lowest BCUT2D eigenvalue weighted by atomic mass is 10.5. The average Bonchev–Trinajstić information content (AvgIpc) is 1.99. The van der Waals surface area contributed by atoms with E-state index in [9.17, 15) is 26.4 Å². The van der Waals surface area contributed by atoms with Crippen LogP contribution in [0, 0.1) is 11.8 Å². The van der Waals surface area contributed by atoms with E-state index in [0.29, 0.717) is 0 Å². The highest BCUT2D eigenvalue weighted by atomic mass is 19.4. The maximum atomic E-state index is 11.9. The summed E-state index contributed by atoms with van der Waals surface area (Å²) >= 11 is 0. The van der Waals surface area contributed by atoms with Gasteiger partial charge in [-0.15, -0.1) is 4.39 Å². The summed E-state index contributed by atoms with van der Waals surface area (Å²) in [6, 6.07) is 1.91. The summed E-state index contributed by atoms with van der Waals surface area (Å²) in [5.41, 5.74) is 0. The molecule has 0 saturated carbocycles. The summed E-state index contributed by atoms with van der Waals surface area (Å²) in [5, 5.41) is 0. The molecule has 0 fully saturated rings. The smallest absolute Gasteiger partial charge is 0.197 e. The van der Waals surface area contributed by atoms with Gasteiger partial charge in [0.1, 0.15) is 0 Å². The molecule has 0 aliphatic heterocycles. The molecule has 0 aliphatic rings. The molecule has 0 unspecified atom stereocenters. The highest BCUT2D eigenvalue weighted by molar-refractivity contribution is 4.89. The van der Waals surface area contributed by atoms with Crippen molar-refractivity contribution in [1.29, 1.82) is 0 Å². The number of hydrogen-bond donors (Lipinski definition) is 0. The molecule has 13 heavy (non-hydrogen) atoms. The fourth-order valence-electron chi connectivity index (χ4n) is 0.439. The minimum absolute atomic E-state index is 0.421. The Labute approximate surface area is 69.2 Å². The molecule has 7 heteroatoms. The molecule has 1 aromatic rings. The van der Waals surface area contributed by atoms with Gasteiger partial charge in [-0.25, -0.2) is 0 Å². The third kappa shape index (κ3) is 5.05. The summed E-state index contributed by atoms with van der Waals surface area (Å²) in [5.74, 6) is -2.70. The molecule has 0 radical (unpaired) electrons. The van der Waals surface area contributed by atoms with Crippen molar-refractivity contribution in [2.45, 2.75) is 6.68 Å². The van der Waals surface area contributed by atoms with Gasteiger partial charge in [-0.1, -0.05) is 0 Å². The molecule has 0 amide bonds. The van der Waals surface area contributed by atoms with Gasteiger partial charge in [-0.3, -0.25) is 0 Å². The van der Waals surface area contributed by atoms with Crippen molar-refractivity contribution in [2.75, 3.05) is 0 Å². The largest absolute Gasteiger partial charge is 0.441 e. The molecular formula is C6H4F6N+. The fraction of sp³-hybridized carbons (Fsp3) is 0.167. The first kappa shape index (κ1) is 11.7. The average molecular weight is 204 g/mol. The van der Waals surface area contributed by atoms with Gasteiger partial charge in [-0.05, 0) is 6.07 Å². The van der Waals surface area contributed by atoms with E-state index < -0.39 is 23.2 Å². The van der Waals surface area contributed by atoms with Gasteiger partial charge in [-0.2, -0.15) is 17.6 Å². The Balaban J connectivity index is 0.000000310. The number of aromatic nitrogens is 1. The fourth-order valence-corrected chi connectivity index (χ4v) is 0.439. The Morgan fingerprint density at radius 2 is 1.62 bits per heavy atom. The summed E-state index contributed by atoms with van der Waals surface area (Å²) in [4.78, 5) is -0.421. The van der Waals surface area contributed by atoms with Crippen LogP contribution in [0.2, 0.25) is 0 Å². The van der Waals surface area contributed by atoms with Gasteiger partial charge in [0.25, 0.3) is 0 Å². The number of alkyl halides is 3. The molecule has 0 bridgehead atoms. The first-order valence-electron chi connectivity index (χ1n) is 2.89. The van der Waals surface area contributed by atoms with Crippen molar-refractivity contribution in [3.05, 3.63) is 30.1 Å². The van der Waals surface area contributed by atoms with Crippen LogP contribution in [-0.4, -0.2) is 6.68 Å². The maximum Gasteiger partial charge on any atom is 0.441 e. The lowest BCUT2D eigenvalue weighted by Gasteiger charge is -1.81. The van der Waals surface area contributed by atoms with Crippen molar-refractivity contribution >= 4 is 0 Å². The van der Waals surface area contributed by atoms with Crippen molar-refractivity contribution in [3.8, 4) is 0 Å². The van der Waals surface area contributed by atoms with Crippen LogP contribution < -0.4 is 4.79 Å². The summed E-state index contributed by atoms with van der Waals surface area (Å²) < 4.78 is 64.8. The minimum atomic E-state index is -3.67. The van der Waals surface area contributed by atoms with Gasteiger partial charge in [0.15, 0.2) is 0 Å². The molecule has 1 rings (SSSR count). The second kappa shape index (κ2) is 5.39. The standard InChI is InChI=1S/C5H3F3N.CHF3/c6-4-2-1-3-9(8)5(4)7;2-1(3)4/h1-3H;1H/q+1;. The molecule has 1 aromatic heterocycles. The quantitative estimate of drug-likeness (QED) is 0.450. The Bertz CT molecular complexity index is 240. The highest BCUT2D eigenvalue weighted by Gasteiger charge is 2.14. The van der Waals surface area contributed by atoms with E-state index in [4.69, 9.17) is 0 Å². The molecular weight excluding hydrogens is 200 g/mol. The van der Waals surface area contributed by atoms with Crippen molar-refractivity contribution in [2.24, 2.45) is 0 Å². The van der Waals surface area contributed by atoms with E-state index in [2.05, 4.69) is 0 Å². The van der Waals surface area contributed by atoms with Crippen LogP contribution in [0.5, 0.6) is 0 Å². The molecule has 1 heterocycles. The van der Waals surface area contributed by atoms with E-state index in [-0.39, 0.29) is 0 Å². The van der Waals surface area contributed by atoms with Crippen LogP contribution >= 0.6 is 0 Å². The summed E-state index contributed by atoms with van der Waals surface area (Å²) in [7, 11) is 0. The Kier molecular flexibility index (Phi) is 4.86.